The molecule has 1 aliphatic rings. The third-order valence-corrected chi connectivity index (χ3v) is 4.87. The summed E-state index contributed by atoms with van der Waals surface area (Å²) >= 11 is 0. The van der Waals surface area contributed by atoms with Crippen molar-refractivity contribution in [1.29, 1.82) is 0 Å². The summed E-state index contributed by atoms with van der Waals surface area (Å²) < 4.78 is 0. The first kappa shape index (κ1) is 15.1. The fourth-order valence-electron chi connectivity index (χ4n) is 3.19. The van der Waals surface area contributed by atoms with Gasteiger partial charge >= 0.3 is 5.97 Å². The summed E-state index contributed by atoms with van der Waals surface area (Å²) in [6, 6.07) is 8.50. The van der Waals surface area contributed by atoms with Crippen LogP contribution >= 0.6 is 0 Å². The van der Waals surface area contributed by atoms with Crippen molar-refractivity contribution in [2.75, 3.05) is 0 Å². The standard InChI is InChI=1S/C18H26O2/c1-13(2)16-6-4-15(5-7-16)12-18(17(19)20)10-8-14(3)9-11-18/h4-7,13-14H,8-12H2,1-3H3,(H,19,20). The van der Waals surface area contributed by atoms with Gasteiger partial charge in [-0.1, -0.05) is 45.0 Å². The van der Waals surface area contributed by atoms with Crippen molar-refractivity contribution < 1.29 is 9.90 Å². The maximum atomic E-state index is 11.8. The van der Waals surface area contributed by atoms with E-state index in [1.165, 1.54) is 5.56 Å². The Kier molecular flexibility index (Phi) is 4.52. The summed E-state index contributed by atoms with van der Waals surface area (Å²) in [6.07, 6.45) is 4.38. The molecule has 0 saturated heterocycles. The molecule has 1 aliphatic carbocycles. The maximum absolute atomic E-state index is 11.8. The van der Waals surface area contributed by atoms with Gasteiger partial charge in [0.15, 0.2) is 0 Å². The highest BCUT2D eigenvalue weighted by molar-refractivity contribution is 5.75. The lowest BCUT2D eigenvalue weighted by molar-refractivity contribution is -0.151. The second-order valence-electron chi connectivity index (χ2n) is 6.84. The van der Waals surface area contributed by atoms with Crippen molar-refractivity contribution in [2.45, 2.75) is 58.8 Å². The number of hydrogen-bond acceptors (Lipinski definition) is 1. The molecular formula is C18H26O2. The lowest BCUT2D eigenvalue weighted by Gasteiger charge is -2.36. The van der Waals surface area contributed by atoms with Gasteiger partial charge in [-0.2, -0.15) is 0 Å². The van der Waals surface area contributed by atoms with Crippen LogP contribution in [0.1, 0.15) is 63.5 Å². The average Bonchev–Trinajstić information content (AvgIpc) is 2.42. The molecule has 0 unspecified atom stereocenters. The quantitative estimate of drug-likeness (QED) is 0.869. The monoisotopic (exact) mass is 274 g/mol. The lowest BCUT2D eigenvalue weighted by Crippen LogP contribution is -2.37. The molecule has 0 radical (unpaired) electrons. The Labute approximate surface area is 122 Å². The van der Waals surface area contributed by atoms with E-state index < -0.39 is 11.4 Å². The van der Waals surface area contributed by atoms with Crippen LogP contribution in [0.2, 0.25) is 0 Å². The van der Waals surface area contributed by atoms with Crippen molar-refractivity contribution in [1.82, 2.24) is 0 Å². The normalized spacial score (nSPS) is 26.7. The number of carbonyl (C=O) groups is 1. The first-order valence-electron chi connectivity index (χ1n) is 7.75. The van der Waals surface area contributed by atoms with E-state index in [0.29, 0.717) is 18.3 Å². The van der Waals surface area contributed by atoms with Crippen molar-refractivity contribution in [3.8, 4) is 0 Å². The zero-order valence-electron chi connectivity index (χ0n) is 12.9. The number of carboxylic acids is 1. The van der Waals surface area contributed by atoms with Gasteiger partial charge in [-0.25, -0.2) is 0 Å². The molecule has 0 atom stereocenters. The van der Waals surface area contributed by atoms with Crippen LogP contribution in [0.15, 0.2) is 24.3 Å². The fourth-order valence-corrected chi connectivity index (χ4v) is 3.19. The number of hydrogen-bond donors (Lipinski definition) is 1. The second-order valence-corrected chi connectivity index (χ2v) is 6.84. The van der Waals surface area contributed by atoms with Crippen LogP contribution in [0, 0.1) is 11.3 Å². The lowest BCUT2D eigenvalue weighted by atomic mass is 9.68. The van der Waals surface area contributed by atoms with Crippen molar-refractivity contribution in [3.05, 3.63) is 35.4 Å². The van der Waals surface area contributed by atoms with E-state index in [2.05, 4.69) is 45.0 Å². The third-order valence-electron chi connectivity index (χ3n) is 4.87. The minimum atomic E-state index is -0.614. The van der Waals surface area contributed by atoms with Gasteiger partial charge in [0.1, 0.15) is 0 Å². The molecule has 2 rings (SSSR count). The Hall–Kier alpha value is -1.31. The molecule has 0 amide bonds. The number of aliphatic carboxylic acids is 1. The summed E-state index contributed by atoms with van der Waals surface area (Å²) in [5.74, 6) is 0.580. The molecule has 1 N–H and O–H groups in total. The van der Waals surface area contributed by atoms with Gasteiger partial charge in [-0.05, 0) is 55.1 Å². The predicted molar refractivity (Wildman–Crippen MR) is 81.9 cm³/mol. The van der Waals surface area contributed by atoms with Crippen molar-refractivity contribution in [3.63, 3.8) is 0 Å². The van der Waals surface area contributed by atoms with Gasteiger partial charge in [0.25, 0.3) is 0 Å². The second kappa shape index (κ2) is 5.99. The molecule has 110 valence electrons. The smallest absolute Gasteiger partial charge is 0.309 e. The van der Waals surface area contributed by atoms with Crippen LogP contribution in [-0.2, 0) is 11.2 Å². The molecule has 1 saturated carbocycles. The van der Waals surface area contributed by atoms with Gasteiger partial charge in [0, 0.05) is 0 Å². The van der Waals surface area contributed by atoms with Crippen LogP contribution in [0.4, 0.5) is 0 Å². The molecule has 1 aromatic rings. The van der Waals surface area contributed by atoms with Crippen LogP contribution in [0.3, 0.4) is 0 Å². The molecule has 2 heteroatoms. The molecule has 1 aromatic carbocycles. The molecule has 0 heterocycles. The van der Waals surface area contributed by atoms with Crippen LogP contribution in [0.5, 0.6) is 0 Å². The summed E-state index contributed by atoms with van der Waals surface area (Å²) in [5, 5.41) is 9.68. The van der Waals surface area contributed by atoms with E-state index in [-0.39, 0.29) is 0 Å². The topological polar surface area (TPSA) is 37.3 Å². The van der Waals surface area contributed by atoms with E-state index in [1.807, 2.05) is 0 Å². The Balaban J connectivity index is 2.14. The highest BCUT2D eigenvalue weighted by Gasteiger charge is 2.41. The minimum Gasteiger partial charge on any atom is -0.481 e. The Morgan fingerprint density at radius 1 is 1.25 bits per heavy atom. The van der Waals surface area contributed by atoms with Gasteiger partial charge in [-0.15, -0.1) is 0 Å². The molecule has 0 aromatic heterocycles. The molecular weight excluding hydrogens is 248 g/mol. The van der Waals surface area contributed by atoms with E-state index in [0.717, 1.165) is 31.2 Å². The Bertz CT molecular complexity index is 451. The van der Waals surface area contributed by atoms with E-state index in [1.54, 1.807) is 0 Å². The first-order valence-corrected chi connectivity index (χ1v) is 7.75. The van der Waals surface area contributed by atoms with Gasteiger partial charge in [0.2, 0.25) is 0 Å². The number of carboxylic acid groups (broad SMARTS) is 1. The first-order chi connectivity index (χ1) is 9.43. The van der Waals surface area contributed by atoms with E-state index in [4.69, 9.17) is 0 Å². The van der Waals surface area contributed by atoms with Crippen LogP contribution in [0.25, 0.3) is 0 Å². The maximum Gasteiger partial charge on any atom is 0.309 e. The Morgan fingerprint density at radius 2 is 1.80 bits per heavy atom. The molecule has 1 fully saturated rings. The third kappa shape index (κ3) is 3.23. The zero-order valence-corrected chi connectivity index (χ0v) is 12.9. The largest absolute Gasteiger partial charge is 0.481 e. The van der Waals surface area contributed by atoms with Crippen molar-refractivity contribution >= 4 is 5.97 Å². The average molecular weight is 274 g/mol. The van der Waals surface area contributed by atoms with Crippen LogP contribution < -0.4 is 0 Å². The highest BCUT2D eigenvalue weighted by atomic mass is 16.4. The number of benzene rings is 1. The summed E-state index contributed by atoms with van der Waals surface area (Å²) in [4.78, 5) is 11.8. The van der Waals surface area contributed by atoms with Crippen LogP contribution in [-0.4, -0.2) is 11.1 Å². The van der Waals surface area contributed by atoms with Gasteiger partial charge < -0.3 is 5.11 Å². The number of rotatable bonds is 4. The zero-order chi connectivity index (χ0) is 14.8. The molecule has 0 aliphatic heterocycles. The molecule has 20 heavy (non-hydrogen) atoms. The predicted octanol–water partition coefficient (Wildman–Crippen LogP) is 4.63. The van der Waals surface area contributed by atoms with E-state index in [9.17, 15) is 9.90 Å². The minimum absolute atomic E-state index is 0.521. The molecule has 0 bridgehead atoms. The molecule has 2 nitrogen and oxygen atoms in total. The highest BCUT2D eigenvalue weighted by Crippen LogP contribution is 2.41. The fraction of sp³-hybridized carbons (Fsp3) is 0.611. The van der Waals surface area contributed by atoms with Gasteiger partial charge in [-0.3, -0.25) is 4.79 Å². The summed E-state index contributed by atoms with van der Waals surface area (Å²) in [7, 11) is 0. The van der Waals surface area contributed by atoms with Gasteiger partial charge in [0.05, 0.1) is 5.41 Å². The molecule has 0 spiro atoms. The van der Waals surface area contributed by atoms with E-state index >= 15 is 0 Å². The Morgan fingerprint density at radius 3 is 2.25 bits per heavy atom. The summed E-state index contributed by atoms with van der Waals surface area (Å²) in [5.41, 5.74) is 1.94. The SMILES string of the molecule is CC1CCC(Cc2ccc(C(C)C)cc2)(C(=O)O)CC1. The summed E-state index contributed by atoms with van der Waals surface area (Å²) in [6.45, 7) is 6.58. The van der Waals surface area contributed by atoms with Crippen molar-refractivity contribution in [2.24, 2.45) is 11.3 Å².